The van der Waals surface area contributed by atoms with E-state index in [1.807, 2.05) is 24.3 Å². The lowest BCUT2D eigenvalue weighted by atomic mass is 10.1. The van der Waals surface area contributed by atoms with Crippen molar-refractivity contribution in [2.24, 2.45) is 5.73 Å². The molecule has 2 aromatic carbocycles. The minimum atomic E-state index is -4.26. The van der Waals surface area contributed by atoms with E-state index in [4.69, 9.17) is 38.2 Å². The topological polar surface area (TPSA) is 133 Å². The number of rotatable bonds is 10. The Hall–Kier alpha value is -3.51. The van der Waals surface area contributed by atoms with Gasteiger partial charge in [-0.1, -0.05) is 48.0 Å². The van der Waals surface area contributed by atoms with Gasteiger partial charge in [-0.15, -0.1) is 0 Å². The molecule has 1 aliphatic carbocycles. The van der Waals surface area contributed by atoms with Gasteiger partial charge in [0.2, 0.25) is 0 Å². The number of ether oxygens (including phenoxy) is 1. The fourth-order valence-electron chi connectivity index (χ4n) is 4.50. The highest BCUT2D eigenvalue weighted by molar-refractivity contribution is 7.85. The Bertz CT molecular complexity index is 1540. The second-order valence-corrected chi connectivity index (χ2v) is 12.0. The minimum Gasteiger partial charge on any atom is -0.455 e. The van der Waals surface area contributed by atoms with Gasteiger partial charge in [0.1, 0.15) is 11.5 Å². The Balaban J connectivity index is 1.57. The van der Waals surface area contributed by atoms with Crippen molar-refractivity contribution in [3.8, 4) is 5.75 Å². The van der Waals surface area contributed by atoms with Gasteiger partial charge in [-0.2, -0.15) is 8.42 Å². The number of allylic oxidation sites excluding steroid dienone is 2. The van der Waals surface area contributed by atoms with E-state index >= 15 is 0 Å². The molecule has 13 heteroatoms. The highest BCUT2D eigenvalue weighted by Gasteiger charge is 2.36. The fraction of sp³-hybridized carbons (Fsp3) is 0.286. The average molecular weight is 622 g/mol. The number of amides is 2. The van der Waals surface area contributed by atoms with E-state index in [1.165, 1.54) is 31.3 Å². The molecule has 41 heavy (non-hydrogen) atoms. The third kappa shape index (κ3) is 7.05. The molecule has 218 valence electrons. The third-order valence-electron chi connectivity index (χ3n) is 6.71. The van der Waals surface area contributed by atoms with E-state index in [9.17, 15) is 18.0 Å². The van der Waals surface area contributed by atoms with E-state index in [0.29, 0.717) is 19.1 Å². The molecule has 2 amide bonds. The van der Waals surface area contributed by atoms with E-state index in [1.54, 1.807) is 4.90 Å². The number of nitrogens with zero attached hydrogens (tertiary/aromatic N) is 3. The first-order valence-corrected chi connectivity index (χ1v) is 15.1. The quantitative estimate of drug-likeness (QED) is 0.174. The standard InChI is InChI=1S/C28H30Cl2N4O6S/c1-3-6-25(40-26-16-21(29)19(15-22(26)30)27(35)32(2)13-14-41(37,38)39)20(17-31)28(36)34-12-11-33(18-9-10-18)23-7-4-5-8-24(23)34/h3-8,15-18H,1,9-14,31H2,2H3,(H,37,38,39)/b20-17+,25-6+. The number of hydrogen-bond acceptors (Lipinski definition) is 7. The molecule has 2 aromatic rings. The van der Waals surface area contributed by atoms with Crippen molar-refractivity contribution in [3.63, 3.8) is 0 Å². The van der Waals surface area contributed by atoms with Gasteiger partial charge < -0.3 is 25.2 Å². The lowest BCUT2D eigenvalue weighted by Gasteiger charge is -2.38. The highest BCUT2D eigenvalue weighted by atomic mass is 35.5. The molecule has 10 nitrogen and oxygen atoms in total. The summed E-state index contributed by atoms with van der Waals surface area (Å²) in [6.07, 6.45) is 6.32. The molecule has 2 aliphatic rings. The van der Waals surface area contributed by atoms with E-state index in [2.05, 4.69) is 11.5 Å². The number of nitrogens with two attached hydrogens (primary N) is 1. The van der Waals surface area contributed by atoms with Crippen LogP contribution < -0.4 is 20.3 Å². The number of carbonyl (C=O) groups is 2. The maximum atomic E-state index is 13.8. The van der Waals surface area contributed by atoms with Gasteiger partial charge in [-0.05, 0) is 37.1 Å². The predicted molar refractivity (Wildman–Crippen MR) is 160 cm³/mol. The van der Waals surface area contributed by atoms with Crippen LogP contribution in [-0.4, -0.2) is 68.2 Å². The Labute approximate surface area is 249 Å². The van der Waals surface area contributed by atoms with Crippen LogP contribution in [0.25, 0.3) is 0 Å². The molecular formula is C28H30Cl2N4O6S. The lowest BCUT2D eigenvalue weighted by Crippen LogP contribution is -2.45. The van der Waals surface area contributed by atoms with E-state index in [0.717, 1.165) is 35.3 Å². The number of carbonyl (C=O) groups excluding carboxylic acids is 2. The van der Waals surface area contributed by atoms with Crippen LogP contribution in [0.5, 0.6) is 5.75 Å². The van der Waals surface area contributed by atoms with Gasteiger partial charge in [0.25, 0.3) is 21.9 Å². The average Bonchev–Trinajstić information content (AvgIpc) is 3.78. The molecular weight excluding hydrogens is 591 g/mol. The Morgan fingerprint density at radius 3 is 2.46 bits per heavy atom. The van der Waals surface area contributed by atoms with Gasteiger partial charge in [0.05, 0.1) is 38.3 Å². The van der Waals surface area contributed by atoms with Crippen molar-refractivity contribution in [2.45, 2.75) is 18.9 Å². The van der Waals surface area contributed by atoms with Crippen molar-refractivity contribution >= 4 is 56.5 Å². The molecule has 0 bridgehead atoms. The molecule has 0 unspecified atom stereocenters. The zero-order chi connectivity index (χ0) is 29.9. The fourth-order valence-corrected chi connectivity index (χ4v) is 5.44. The molecule has 1 fully saturated rings. The molecule has 1 heterocycles. The summed E-state index contributed by atoms with van der Waals surface area (Å²) in [5, 5.41) is -0.0242. The van der Waals surface area contributed by atoms with Crippen molar-refractivity contribution in [1.29, 1.82) is 0 Å². The summed E-state index contributed by atoms with van der Waals surface area (Å²) in [6, 6.07) is 10.8. The lowest BCUT2D eigenvalue weighted by molar-refractivity contribution is -0.115. The van der Waals surface area contributed by atoms with Crippen molar-refractivity contribution in [2.75, 3.05) is 42.2 Å². The van der Waals surface area contributed by atoms with E-state index < -0.39 is 21.8 Å². The molecule has 3 N–H and O–H groups in total. The highest BCUT2D eigenvalue weighted by Crippen LogP contribution is 2.41. The second kappa shape index (κ2) is 12.6. The zero-order valence-corrected chi connectivity index (χ0v) is 24.6. The first-order valence-electron chi connectivity index (χ1n) is 12.7. The maximum absolute atomic E-state index is 13.8. The minimum absolute atomic E-state index is 0.00288. The van der Waals surface area contributed by atoms with Gasteiger partial charge in [0.15, 0.2) is 0 Å². The summed E-state index contributed by atoms with van der Waals surface area (Å²) >= 11 is 12.8. The summed E-state index contributed by atoms with van der Waals surface area (Å²) in [5.74, 6) is -1.52. The Kier molecular flexibility index (Phi) is 9.33. The monoisotopic (exact) mass is 620 g/mol. The number of anilines is 2. The first-order chi connectivity index (χ1) is 19.4. The summed E-state index contributed by atoms with van der Waals surface area (Å²) in [5.41, 5.74) is 7.77. The predicted octanol–water partition coefficient (Wildman–Crippen LogP) is 4.26. The molecule has 0 atom stereocenters. The summed E-state index contributed by atoms with van der Waals surface area (Å²) in [4.78, 5) is 31.7. The van der Waals surface area contributed by atoms with Crippen LogP contribution in [0.3, 0.4) is 0 Å². The number of para-hydroxylation sites is 2. The smallest absolute Gasteiger partial charge is 0.266 e. The summed E-state index contributed by atoms with van der Waals surface area (Å²) < 4.78 is 37.1. The van der Waals surface area contributed by atoms with Crippen LogP contribution in [0.2, 0.25) is 10.0 Å². The van der Waals surface area contributed by atoms with Crippen LogP contribution in [0.1, 0.15) is 23.2 Å². The third-order valence-corrected chi connectivity index (χ3v) is 8.02. The maximum Gasteiger partial charge on any atom is 0.266 e. The largest absolute Gasteiger partial charge is 0.455 e. The van der Waals surface area contributed by atoms with Crippen LogP contribution in [0.15, 0.2) is 72.7 Å². The molecule has 1 aliphatic heterocycles. The van der Waals surface area contributed by atoms with Gasteiger partial charge in [0, 0.05) is 45.0 Å². The molecule has 0 radical (unpaired) electrons. The van der Waals surface area contributed by atoms with Crippen LogP contribution >= 0.6 is 23.2 Å². The van der Waals surface area contributed by atoms with Crippen molar-refractivity contribution in [1.82, 2.24) is 4.90 Å². The zero-order valence-electron chi connectivity index (χ0n) is 22.3. The van der Waals surface area contributed by atoms with Gasteiger partial charge in [-0.3, -0.25) is 14.1 Å². The Morgan fingerprint density at radius 1 is 1.17 bits per heavy atom. The first kappa shape index (κ1) is 30.4. The van der Waals surface area contributed by atoms with Crippen molar-refractivity contribution < 1.29 is 27.3 Å². The molecule has 0 spiro atoms. The number of benzene rings is 2. The Morgan fingerprint density at radius 2 is 1.85 bits per heavy atom. The molecule has 0 aromatic heterocycles. The van der Waals surface area contributed by atoms with Crippen molar-refractivity contribution in [3.05, 3.63) is 88.3 Å². The summed E-state index contributed by atoms with van der Waals surface area (Å²) in [7, 11) is -2.90. The number of hydrogen-bond donors (Lipinski definition) is 2. The van der Waals surface area contributed by atoms with E-state index in [-0.39, 0.29) is 45.1 Å². The SMILES string of the molecule is C=C/C=C(Oc1cc(Cl)c(C(=O)N(C)CCS(=O)(=O)O)cc1Cl)\C(=C/N)C(=O)N1CCN(C2CC2)c2ccccc21. The van der Waals surface area contributed by atoms with Crippen LogP contribution in [-0.2, 0) is 14.9 Å². The number of halogens is 2. The molecule has 1 saturated carbocycles. The normalized spacial score (nSPS) is 15.8. The summed E-state index contributed by atoms with van der Waals surface area (Å²) in [6.45, 7) is 4.59. The molecule has 0 saturated heterocycles. The second-order valence-electron chi connectivity index (χ2n) is 9.59. The van der Waals surface area contributed by atoms with Crippen LogP contribution in [0.4, 0.5) is 11.4 Å². The number of fused-ring (bicyclic) bond motifs is 1. The van der Waals surface area contributed by atoms with Gasteiger partial charge >= 0.3 is 0 Å². The van der Waals surface area contributed by atoms with Gasteiger partial charge in [-0.25, -0.2) is 0 Å². The van der Waals surface area contributed by atoms with Crippen LogP contribution in [0, 0.1) is 0 Å². The molecule has 4 rings (SSSR count).